The number of hydrogen-bond donors (Lipinski definition) is 0. The predicted octanol–water partition coefficient (Wildman–Crippen LogP) is 4.36. The van der Waals surface area contributed by atoms with Crippen molar-refractivity contribution in [3.05, 3.63) is 65.7 Å². The lowest BCUT2D eigenvalue weighted by molar-refractivity contribution is -0.128. The van der Waals surface area contributed by atoms with Crippen LogP contribution in [0.25, 0.3) is 11.5 Å². The van der Waals surface area contributed by atoms with Crippen molar-refractivity contribution in [1.82, 2.24) is 15.1 Å². The summed E-state index contributed by atoms with van der Waals surface area (Å²) >= 11 is 1.26. The first kappa shape index (κ1) is 18.2. The third-order valence-electron chi connectivity index (χ3n) is 4.25. The maximum atomic E-state index is 12.5. The Kier molecular flexibility index (Phi) is 5.73. The number of carbonyl (C=O) groups excluding carboxylic acids is 1. The van der Waals surface area contributed by atoms with Crippen LogP contribution < -0.4 is 0 Å². The third kappa shape index (κ3) is 4.32. The zero-order chi connectivity index (χ0) is 18.5. The van der Waals surface area contributed by atoms with E-state index in [2.05, 4.69) is 10.2 Å². The zero-order valence-corrected chi connectivity index (χ0v) is 15.9. The number of aromatic nitrogens is 2. The molecule has 0 aliphatic heterocycles. The summed E-state index contributed by atoms with van der Waals surface area (Å²) < 4.78 is 5.67. The number of nitrogens with zero attached hydrogens (tertiary/aromatic N) is 3. The highest BCUT2D eigenvalue weighted by atomic mass is 32.2. The minimum Gasteiger partial charge on any atom is -0.411 e. The molecular formula is C20H21N3O2S. The van der Waals surface area contributed by atoms with Crippen LogP contribution in [0, 0.1) is 6.92 Å². The first-order valence-electron chi connectivity index (χ1n) is 8.38. The second-order valence-electron chi connectivity index (χ2n) is 6.12. The Morgan fingerprint density at radius 1 is 1.15 bits per heavy atom. The molecule has 0 N–H and O–H groups in total. The number of benzene rings is 2. The van der Waals surface area contributed by atoms with Gasteiger partial charge in [-0.25, -0.2) is 0 Å². The fraction of sp³-hybridized carbons (Fsp3) is 0.250. The molecule has 0 aliphatic carbocycles. The van der Waals surface area contributed by atoms with Crippen molar-refractivity contribution in [3.8, 4) is 11.5 Å². The highest BCUT2D eigenvalue weighted by molar-refractivity contribution is 7.99. The summed E-state index contributed by atoms with van der Waals surface area (Å²) in [5.74, 6) is 0.736. The molecule has 3 aromatic rings. The average Bonchev–Trinajstić information content (AvgIpc) is 3.14. The minimum atomic E-state index is 0.00911. The Labute approximate surface area is 157 Å². The molecule has 0 saturated carbocycles. The van der Waals surface area contributed by atoms with Crippen molar-refractivity contribution in [3.63, 3.8) is 0 Å². The van der Waals surface area contributed by atoms with E-state index in [9.17, 15) is 4.79 Å². The summed E-state index contributed by atoms with van der Waals surface area (Å²) in [4.78, 5) is 14.2. The standard InChI is InChI=1S/C20H21N3O2S/c1-14-8-7-11-17(12-14)19-21-22-20(25-19)26-13-18(24)23(3)15(2)16-9-5-4-6-10-16/h4-12,15H,13H2,1-3H3/t15-/m0/s1. The summed E-state index contributed by atoms with van der Waals surface area (Å²) in [6, 6.07) is 17.8. The van der Waals surface area contributed by atoms with Gasteiger partial charge in [0, 0.05) is 12.6 Å². The zero-order valence-electron chi connectivity index (χ0n) is 15.0. The maximum Gasteiger partial charge on any atom is 0.277 e. The van der Waals surface area contributed by atoms with E-state index in [0.717, 1.165) is 16.7 Å². The third-order valence-corrected chi connectivity index (χ3v) is 5.05. The van der Waals surface area contributed by atoms with E-state index in [0.29, 0.717) is 11.1 Å². The largest absolute Gasteiger partial charge is 0.411 e. The van der Waals surface area contributed by atoms with Gasteiger partial charge in [-0.2, -0.15) is 0 Å². The Morgan fingerprint density at radius 2 is 1.92 bits per heavy atom. The van der Waals surface area contributed by atoms with Crippen molar-refractivity contribution in [1.29, 1.82) is 0 Å². The summed E-state index contributed by atoms with van der Waals surface area (Å²) in [7, 11) is 1.81. The van der Waals surface area contributed by atoms with E-state index in [1.165, 1.54) is 11.8 Å². The fourth-order valence-corrected chi connectivity index (χ4v) is 3.25. The topological polar surface area (TPSA) is 59.2 Å². The molecule has 0 unspecified atom stereocenters. The van der Waals surface area contributed by atoms with Gasteiger partial charge in [0.2, 0.25) is 11.8 Å². The number of rotatable bonds is 6. The molecule has 0 bridgehead atoms. The average molecular weight is 367 g/mol. The van der Waals surface area contributed by atoms with Crippen molar-refractivity contribution in [2.24, 2.45) is 0 Å². The molecule has 26 heavy (non-hydrogen) atoms. The van der Waals surface area contributed by atoms with Crippen molar-refractivity contribution >= 4 is 17.7 Å². The van der Waals surface area contributed by atoms with Gasteiger partial charge in [0.05, 0.1) is 11.8 Å². The van der Waals surface area contributed by atoms with E-state index in [1.54, 1.807) is 4.90 Å². The van der Waals surface area contributed by atoms with Gasteiger partial charge in [0.1, 0.15) is 0 Å². The maximum absolute atomic E-state index is 12.5. The van der Waals surface area contributed by atoms with E-state index in [4.69, 9.17) is 4.42 Å². The predicted molar refractivity (Wildman–Crippen MR) is 103 cm³/mol. The number of thioether (sulfide) groups is 1. The van der Waals surface area contributed by atoms with Gasteiger partial charge in [-0.05, 0) is 31.5 Å². The summed E-state index contributed by atoms with van der Waals surface area (Å²) in [5, 5.41) is 8.50. The van der Waals surface area contributed by atoms with Gasteiger partial charge in [-0.3, -0.25) is 4.79 Å². The fourth-order valence-electron chi connectivity index (χ4n) is 2.56. The van der Waals surface area contributed by atoms with Crippen LogP contribution in [-0.4, -0.2) is 33.8 Å². The summed E-state index contributed by atoms with van der Waals surface area (Å²) in [5.41, 5.74) is 3.11. The van der Waals surface area contributed by atoms with Crippen LogP contribution in [0.5, 0.6) is 0 Å². The first-order valence-corrected chi connectivity index (χ1v) is 9.37. The van der Waals surface area contributed by atoms with Crippen molar-refractivity contribution in [2.75, 3.05) is 12.8 Å². The molecule has 1 amide bonds. The van der Waals surface area contributed by atoms with Crippen LogP contribution in [0.3, 0.4) is 0 Å². The van der Waals surface area contributed by atoms with Crippen LogP contribution >= 0.6 is 11.8 Å². The molecule has 0 saturated heterocycles. The second kappa shape index (κ2) is 8.19. The lowest BCUT2D eigenvalue weighted by Crippen LogP contribution is -2.31. The van der Waals surface area contributed by atoms with Crippen LogP contribution in [0.15, 0.2) is 64.2 Å². The lowest BCUT2D eigenvalue weighted by Gasteiger charge is -2.25. The van der Waals surface area contributed by atoms with Crippen molar-refractivity contribution in [2.45, 2.75) is 25.1 Å². The Bertz CT molecular complexity index is 880. The van der Waals surface area contributed by atoms with Gasteiger partial charge in [0.15, 0.2) is 0 Å². The van der Waals surface area contributed by atoms with Gasteiger partial charge in [-0.15, -0.1) is 10.2 Å². The van der Waals surface area contributed by atoms with Gasteiger partial charge in [0.25, 0.3) is 5.22 Å². The van der Waals surface area contributed by atoms with E-state index in [1.807, 2.05) is 75.5 Å². The molecule has 0 aliphatic rings. The molecule has 134 valence electrons. The summed E-state index contributed by atoms with van der Waals surface area (Å²) in [6.45, 7) is 4.03. The Morgan fingerprint density at radius 3 is 2.65 bits per heavy atom. The monoisotopic (exact) mass is 367 g/mol. The molecule has 0 spiro atoms. The Balaban J connectivity index is 1.59. The van der Waals surface area contributed by atoms with Crippen LogP contribution in [-0.2, 0) is 4.79 Å². The number of amides is 1. The molecule has 5 nitrogen and oxygen atoms in total. The summed E-state index contributed by atoms with van der Waals surface area (Å²) in [6.07, 6.45) is 0. The van der Waals surface area contributed by atoms with Crippen LogP contribution in [0.1, 0.15) is 24.1 Å². The normalized spacial score (nSPS) is 12.0. The van der Waals surface area contributed by atoms with E-state index in [-0.39, 0.29) is 17.7 Å². The van der Waals surface area contributed by atoms with Gasteiger partial charge < -0.3 is 9.32 Å². The van der Waals surface area contributed by atoms with E-state index >= 15 is 0 Å². The van der Waals surface area contributed by atoms with E-state index < -0.39 is 0 Å². The molecule has 1 aromatic heterocycles. The molecule has 1 atom stereocenters. The molecule has 3 rings (SSSR count). The second-order valence-corrected chi connectivity index (χ2v) is 7.05. The molecule has 1 heterocycles. The van der Waals surface area contributed by atoms with Crippen LogP contribution in [0.2, 0.25) is 0 Å². The highest BCUT2D eigenvalue weighted by Gasteiger charge is 2.18. The molecular weight excluding hydrogens is 346 g/mol. The highest BCUT2D eigenvalue weighted by Crippen LogP contribution is 2.25. The molecule has 0 fully saturated rings. The minimum absolute atomic E-state index is 0.00911. The quantitative estimate of drug-likeness (QED) is 0.606. The molecule has 6 heteroatoms. The molecule has 2 aromatic carbocycles. The Hall–Kier alpha value is -2.60. The van der Waals surface area contributed by atoms with Crippen LogP contribution in [0.4, 0.5) is 0 Å². The van der Waals surface area contributed by atoms with Gasteiger partial charge in [-0.1, -0.05) is 59.8 Å². The van der Waals surface area contributed by atoms with Crippen molar-refractivity contribution < 1.29 is 9.21 Å². The molecule has 0 radical (unpaired) electrons. The lowest BCUT2D eigenvalue weighted by atomic mass is 10.1. The first-order chi connectivity index (χ1) is 12.5. The number of aryl methyl sites for hydroxylation is 1. The number of hydrogen-bond acceptors (Lipinski definition) is 5. The number of carbonyl (C=O) groups is 1. The van der Waals surface area contributed by atoms with Gasteiger partial charge >= 0.3 is 0 Å². The SMILES string of the molecule is Cc1cccc(-c2nnc(SCC(=O)N(C)[C@@H](C)c3ccccc3)o2)c1. The smallest absolute Gasteiger partial charge is 0.277 e.